The van der Waals surface area contributed by atoms with Crippen LogP contribution in [0.15, 0.2) is 64.6 Å². The molecule has 138 valence electrons. The van der Waals surface area contributed by atoms with Crippen molar-refractivity contribution in [3.8, 4) is 0 Å². The average Bonchev–Trinajstić information content (AvgIpc) is 2.61. The summed E-state index contributed by atoms with van der Waals surface area (Å²) in [6.45, 7) is 8.32. The number of aryl methyl sites for hydroxylation is 4. The van der Waals surface area contributed by atoms with Gasteiger partial charge in [0.25, 0.3) is 0 Å². The second-order valence-electron chi connectivity index (χ2n) is 6.56. The van der Waals surface area contributed by atoms with E-state index < -0.39 is 0 Å². The van der Waals surface area contributed by atoms with Crippen LogP contribution in [0.4, 0.5) is 11.4 Å². The molecule has 0 atom stereocenters. The van der Waals surface area contributed by atoms with Gasteiger partial charge in [-0.25, -0.2) is 0 Å². The van der Waals surface area contributed by atoms with Crippen molar-refractivity contribution in [3.63, 3.8) is 0 Å². The van der Waals surface area contributed by atoms with Crippen LogP contribution in [-0.4, -0.2) is 38.6 Å². The summed E-state index contributed by atoms with van der Waals surface area (Å²) in [6, 6.07) is 21.8. The maximum atomic E-state index is 4.66. The molecule has 0 aliphatic carbocycles. The Kier molecular flexibility index (Phi) is 7.62. The number of hydrogen-bond donors (Lipinski definition) is 0. The second-order valence-corrected chi connectivity index (χ2v) is 6.56. The zero-order valence-corrected chi connectivity index (χ0v) is 19.7. The van der Waals surface area contributed by atoms with E-state index in [1.54, 1.807) is 0 Å². The van der Waals surface area contributed by atoms with Crippen LogP contribution in [0, 0.1) is 33.8 Å². The topological polar surface area (TPSA) is 24.7 Å². The van der Waals surface area contributed by atoms with Crippen LogP contribution in [0.5, 0.6) is 0 Å². The van der Waals surface area contributed by atoms with E-state index in [1.807, 2.05) is 30.6 Å². The van der Waals surface area contributed by atoms with Crippen LogP contribution in [-0.2, 0) is 0 Å². The van der Waals surface area contributed by atoms with Crippen LogP contribution < -0.4 is 0 Å². The van der Waals surface area contributed by atoms with Gasteiger partial charge in [-0.3, -0.25) is 9.98 Å². The van der Waals surface area contributed by atoms with Crippen molar-refractivity contribution < 1.29 is 2.85 Å². The zero-order chi connectivity index (χ0) is 18.5. The fraction of sp³-hybridized carbons (Fsp3) is 0.167. The summed E-state index contributed by atoms with van der Waals surface area (Å²) in [4.78, 5) is 9.32. The Labute approximate surface area is 184 Å². The normalized spacial score (nSPS) is 11.1. The minimum absolute atomic E-state index is 0. The summed E-state index contributed by atoms with van der Waals surface area (Å²) in [5.41, 5.74) is 8.63. The van der Waals surface area contributed by atoms with Crippen molar-refractivity contribution in [1.82, 2.24) is 0 Å². The summed E-state index contributed by atoms with van der Waals surface area (Å²) in [5.74, 6) is 0. The molecule has 4 radical (unpaired) electrons. The van der Waals surface area contributed by atoms with Crippen LogP contribution in [0.3, 0.4) is 0 Å². The number of aliphatic imine (C=N–C) groups is 2. The Hall–Kier alpha value is -2.12. The summed E-state index contributed by atoms with van der Waals surface area (Å²) in [7, 11) is 0. The van der Waals surface area contributed by atoms with Gasteiger partial charge in [0, 0.05) is 58.7 Å². The summed E-state index contributed by atoms with van der Waals surface area (Å²) >= 11 is 0. The maximum Gasteiger partial charge on any atom is 0.0688 e. The Morgan fingerprint density at radius 1 is 0.630 bits per heavy atom. The van der Waals surface area contributed by atoms with E-state index in [-0.39, 0.29) is 29.1 Å². The van der Waals surface area contributed by atoms with E-state index in [0.29, 0.717) is 0 Å². The molecular weight excluding hydrogens is 525 g/mol. The van der Waals surface area contributed by atoms with E-state index >= 15 is 0 Å². The fourth-order valence-corrected chi connectivity index (χ4v) is 2.94. The Balaban J connectivity index is 0.00000261. The molecule has 2 nitrogen and oxygen atoms in total. The smallest absolute Gasteiger partial charge is 0.0688 e. The molecule has 0 unspecified atom stereocenters. The standard InChI is InChI=1S/C24H23N2.Bi.2H2/c1-17-8-5-9-18(2)23(17)25-15-21-12-7-13-22(14-21)16-26-24-19(3)10-6-11-20(24)4;;;/h5-13,15-16H,1-4H3;;2*1H. The quantitative estimate of drug-likeness (QED) is 0.267. The first-order valence-electron chi connectivity index (χ1n) is 8.77. The molecular formula is C24H27BiN2. The third-order valence-electron chi connectivity index (χ3n) is 4.38. The molecule has 0 fully saturated rings. The van der Waals surface area contributed by atoms with Gasteiger partial charge in [-0.05, 0) is 49.9 Å². The van der Waals surface area contributed by atoms with E-state index in [2.05, 4.69) is 80.1 Å². The van der Waals surface area contributed by atoms with E-state index in [1.165, 1.54) is 22.3 Å². The van der Waals surface area contributed by atoms with Crippen molar-refractivity contribution >= 4 is 50.0 Å². The number of rotatable bonds is 4. The molecule has 0 aromatic heterocycles. The number of benzene rings is 3. The summed E-state index contributed by atoms with van der Waals surface area (Å²) in [6.07, 6.45) is 3.73. The molecule has 3 aromatic rings. The Bertz CT molecular complexity index is 881. The van der Waals surface area contributed by atoms with Gasteiger partial charge in [-0.1, -0.05) is 54.6 Å². The average molecular weight is 552 g/mol. The van der Waals surface area contributed by atoms with E-state index in [4.69, 9.17) is 0 Å². The van der Waals surface area contributed by atoms with Crippen LogP contribution in [0.1, 0.15) is 36.2 Å². The molecule has 0 aliphatic heterocycles. The first-order valence-corrected chi connectivity index (χ1v) is 8.77. The van der Waals surface area contributed by atoms with Crippen molar-refractivity contribution in [1.29, 1.82) is 0 Å². The van der Waals surface area contributed by atoms with Crippen molar-refractivity contribution in [2.75, 3.05) is 0 Å². The molecule has 0 aliphatic rings. The molecule has 0 N–H and O–H groups in total. The molecule has 3 rings (SSSR count). The Morgan fingerprint density at radius 3 is 1.33 bits per heavy atom. The van der Waals surface area contributed by atoms with Crippen molar-refractivity contribution in [2.45, 2.75) is 27.7 Å². The maximum absolute atomic E-state index is 4.66. The third-order valence-corrected chi connectivity index (χ3v) is 4.38. The number of hydrogen-bond acceptors (Lipinski definition) is 2. The molecule has 0 saturated heterocycles. The summed E-state index contributed by atoms with van der Waals surface area (Å²) in [5, 5.41) is 0. The van der Waals surface area contributed by atoms with Gasteiger partial charge in [0.15, 0.2) is 0 Å². The molecule has 27 heavy (non-hydrogen) atoms. The van der Waals surface area contributed by atoms with Crippen LogP contribution >= 0.6 is 0 Å². The van der Waals surface area contributed by atoms with Gasteiger partial charge in [0.1, 0.15) is 0 Å². The van der Waals surface area contributed by atoms with E-state index in [9.17, 15) is 0 Å². The first-order chi connectivity index (χ1) is 12.5. The monoisotopic (exact) mass is 552 g/mol. The summed E-state index contributed by atoms with van der Waals surface area (Å²) < 4.78 is 0. The number of para-hydroxylation sites is 2. The molecule has 0 saturated carbocycles. The number of nitrogens with zero attached hydrogens (tertiary/aromatic N) is 2. The molecule has 0 amide bonds. The largest absolute Gasteiger partial charge is 0.256 e. The van der Waals surface area contributed by atoms with Crippen molar-refractivity contribution in [3.05, 3.63) is 94.0 Å². The predicted molar refractivity (Wildman–Crippen MR) is 122 cm³/mol. The second kappa shape index (κ2) is 9.71. The Morgan fingerprint density at radius 2 is 0.963 bits per heavy atom. The van der Waals surface area contributed by atoms with Gasteiger partial charge in [0.05, 0.1) is 11.4 Å². The van der Waals surface area contributed by atoms with Crippen molar-refractivity contribution in [2.24, 2.45) is 9.98 Å². The minimum Gasteiger partial charge on any atom is -0.256 e. The van der Waals surface area contributed by atoms with Crippen LogP contribution in [0.25, 0.3) is 0 Å². The third kappa shape index (κ3) is 5.43. The van der Waals surface area contributed by atoms with Crippen LogP contribution in [0.2, 0.25) is 0 Å². The molecule has 0 bridgehead atoms. The van der Waals surface area contributed by atoms with Gasteiger partial charge >= 0.3 is 0 Å². The van der Waals surface area contributed by atoms with Gasteiger partial charge < -0.3 is 0 Å². The molecule has 3 aromatic carbocycles. The van der Waals surface area contributed by atoms with E-state index in [0.717, 1.165) is 22.5 Å². The zero-order valence-electron chi connectivity index (χ0n) is 16.2. The molecule has 3 heteroatoms. The van der Waals surface area contributed by atoms with Gasteiger partial charge in [-0.15, -0.1) is 0 Å². The minimum atomic E-state index is 0. The molecule has 0 spiro atoms. The predicted octanol–water partition coefficient (Wildman–Crippen LogP) is 6.33. The fourth-order valence-electron chi connectivity index (χ4n) is 2.94. The van der Waals surface area contributed by atoms with Gasteiger partial charge in [-0.2, -0.15) is 0 Å². The molecule has 0 heterocycles. The SMILES string of the molecule is Cc1cccc(C)c1N=Cc1[c]c(C=Nc2c(C)cccc2C)ccc1.[Bi].[HH].[HH]. The van der Waals surface area contributed by atoms with Gasteiger partial charge in [0.2, 0.25) is 0 Å². The first kappa shape index (κ1) is 21.2.